The summed E-state index contributed by atoms with van der Waals surface area (Å²) >= 11 is 1.59. The molecule has 2 aromatic heterocycles. The Hall–Kier alpha value is -1.69. The number of aromatic nitrogens is 3. The molecule has 0 aliphatic heterocycles. The van der Waals surface area contributed by atoms with Gasteiger partial charge in [-0.3, -0.25) is 0 Å². The van der Waals surface area contributed by atoms with Crippen molar-refractivity contribution in [2.45, 2.75) is 20.4 Å². The van der Waals surface area contributed by atoms with Gasteiger partial charge in [-0.25, -0.2) is 9.97 Å². The van der Waals surface area contributed by atoms with Crippen LogP contribution in [0.5, 0.6) is 0 Å². The van der Waals surface area contributed by atoms with E-state index in [9.17, 15) is 0 Å². The van der Waals surface area contributed by atoms with E-state index in [1.807, 2.05) is 30.8 Å². The zero-order valence-electron chi connectivity index (χ0n) is 9.90. The molecule has 0 radical (unpaired) electrons. The van der Waals surface area contributed by atoms with Crippen LogP contribution in [0.3, 0.4) is 0 Å². The summed E-state index contributed by atoms with van der Waals surface area (Å²) in [6.45, 7) is 5.48. The Kier molecular flexibility index (Phi) is 3.87. The van der Waals surface area contributed by atoms with Gasteiger partial charge in [-0.1, -0.05) is 0 Å². The molecule has 0 saturated carbocycles. The van der Waals surface area contributed by atoms with Crippen molar-refractivity contribution in [2.24, 2.45) is 0 Å². The van der Waals surface area contributed by atoms with Gasteiger partial charge in [-0.15, -0.1) is 11.3 Å². The summed E-state index contributed by atoms with van der Waals surface area (Å²) in [5.41, 5.74) is 3.79. The van der Waals surface area contributed by atoms with Crippen LogP contribution in [0, 0.1) is 6.92 Å². The molecular formula is C11H15N5S. The van der Waals surface area contributed by atoms with Crippen LogP contribution in [-0.4, -0.2) is 21.5 Å². The summed E-state index contributed by atoms with van der Waals surface area (Å²) in [5, 5.41) is 8.37. The van der Waals surface area contributed by atoms with Crippen LogP contribution in [-0.2, 0) is 6.54 Å². The van der Waals surface area contributed by atoms with Crippen molar-refractivity contribution in [1.82, 2.24) is 15.0 Å². The van der Waals surface area contributed by atoms with Crippen molar-refractivity contribution in [2.75, 3.05) is 17.2 Å². The van der Waals surface area contributed by atoms with Gasteiger partial charge in [0.1, 0.15) is 5.82 Å². The number of nitrogens with one attached hydrogen (secondary N) is 2. The zero-order valence-corrected chi connectivity index (χ0v) is 10.7. The van der Waals surface area contributed by atoms with E-state index in [1.54, 1.807) is 11.3 Å². The van der Waals surface area contributed by atoms with Crippen molar-refractivity contribution in [3.63, 3.8) is 0 Å². The number of hydrogen-bond acceptors (Lipinski definition) is 6. The Labute approximate surface area is 104 Å². The van der Waals surface area contributed by atoms with Gasteiger partial charge >= 0.3 is 0 Å². The minimum Gasteiger partial charge on any atom is -0.364 e. The average Bonchev–Trinajstić information content (AvgIpc) is 2.79. The Morgan fingerprint density at radius 2 is 2.18 bits per heavy atom. The lowest BCUT2D eigenvalue weighted by molar-refractivity contribution is 1.01. The van der Waals surface area contributed by atoms with Crippen molar-refractivity contribution >= 4 is 23.1 Å². The lowest BCUT2D eigenvalue weighted by Gasteiger charge is -2.07. The van der Waals surface area contributed by atoms with Crippen molar-refractivity contribution < 1.29 is 0 Å². The first kappa shape index (κ1) is 11.8. The third-order valence-electron chi connectivity index (χ3n) is 2.12. The molecule has 0 unspecified atom stereocenters. The summed E-state index contributed by atoms with van der Waals surface area (Å²) in [6.07, 6.45) is 0. The van der Waals surface area contributed by atoms with Crippen molar-refractivity contribution in [1.29, 1.82) is 0 Å². The molecule has 0 bridgehead atoms. The summed E-state index contributed by atoms with van der Waals surface area (Å²) in [7, 11) is 0. The fourth-order valence-corrected chi connectivity index (χ4v) is 1.96. The highest BCUT2D eigenvalue weighted by atomic mass is 32.1. The third kappa shape index (κ3) is 3.39. The van der Waals surface area contributed by atoms with Crippen LogP contribution in [0.2, 0.25) is 0 Å². The zero-order chi connectivity index (χ0) is 12.1. The molecule has 0 spiro atoms. The van der Waals surface area contributed by atoms with Crippen LogP contribution in [0.1, 0.15) is 18.3 Å². The lowest BCUT2D eigenvalue weighted by Crippen LogP contribution is -2.07. The number of hydrogen-bond donors (Lipinski definition) is 2. The molecule has 2 N–H and O–H groups in total. The molecule has 0 atom stereocenters. The molecule has 2 rings (SSSR count). The molecule has 0 saturated heterocycles. The lowest BCUT2D eigenvalue weighted by atomic mass is 10.4. The quantitative estimate of drug-likeness (QED) is 0.851. The number of anilines is 2. The van der Waals surface area contributed by atoms with E-state index in [0.717, 1.165) is 23.8 Å². The fourth-order valence-electron chi connectivity index (χ4n) is 1.40. The van der Waals surface area contributed by atoms with Crippen LogP contribution < -0.4 is 10.6 Å². The maximum Gasteiger partial charge on any atom is 0.224 e. The van der Waals surface area contributed by atoms with E-state index in [0.29, 0.717) is 12.5 Å². The maximum absolute atomic E-state index is 4.37. The maximum atomic E-state index is 4.37. The molecule has 2 aromatic rings. The second-order valence-electron chi connectivity index (χ2n) is 3.58. The highest BCUT2D eigenvalue weighted by Gasteiger charge is 2.01. The molecule has 5 nitrogen and oxygen atoms in total. The number of aryl methyl sites for hydroxylation is 1. The Morgan fingerprint density at radius 3 is 2.88 bits per heavy atom. The molecule has 17 heavy (non-hydrogen) atoms. The average molecular weight is 249 g/mol. The highest BCUT2D eigenvalue weighted by Crippen LogP contribution is 2.11. The van der Waals surface area contributed by atoms with Crippen LogP contribution in [0.4, 0.5) is 11.8 Å². The molecular weight excluding hydrogens is 234 g/mol. The number of rotatable bonds is 5. The number of thiazole rings is 1. The summed E-state index contributed by atoms with van der Waals surface area (Å²) < 4.78 is 0. The summed E-state index contributed by atoms with van der Waals surface area (Å²) in [4.78, 5) is 12.9. The van der Waals surface area contributed by atoms with E-state index < -0.39 is 0 Å². The SMILES string of the molecule is CCNc1nc(C)cc(NCc2cscn2)n1. The van der Waals surface area contributed by atoms with Crippen molar-refractivity contribution in [3.8, 4) is 0 Å². The first-order valence-corrected chi connectivity index (χ1v) is 6.42. The van der Waals surface area contributed by atoms with E-state index >= 15 is 0 Å². The second kappa shape index (κ2) is 5.58. The van der Waals surface area contributed by atoms with Gasteiger partial charge in [-0.2, -0.15) is 4.98 Å². The summed E-state index contributed by atoms with van der Waals surface area (Å²) in [5.74, 6) is 1.48. The minimum absolute atomic E-state index is 0.660. The monoisotopic (exact) mass is 249 g/mol. The van der Waals surface area contributed by atoms with Gasteiger partial charge in [0.2, 0.25) is 5.95 Å². The van der Waals surface area contributed by atoms with Crippen LogP contribution in [0.15, 0.2) is 17.0 Å². The second-order valence-corrected chi connectivity index (χ2v) is 4.30. The van der Waals surface area contributed by atoms with Gasteiger partial charge in [-0.05, 0) is 13.8 Å². The topological polar surface area (TPSA) is 62.7 Å². The normalized spacial score (nSPS) is 10.2. The Morgan fingerprint density at radius 1 is 1.29 bits per heavy atom. The van der Waals surface area contributed by atoms with Gasteiger partial charge < -0.3 is 10.6 Å². The van der Waals surface area contributed by atoms with Gasteiger partial charge in [0.15, 0.2) is 0 Å². The van der Waals surface area contributed by atoms with E-state index in [4.69, 9.17) is 0 Å². The standard InChI is InChI=1S/C11H15N5S/c1-3-12-11-15-8(2)4-10(16-11)13-5-9-6-17-7-14-9/h4,6-7H,3,5H2,1-2H3,(H2,12,13,15,16). The molecule has 6 heteroatoms. The van der Waals surface area contributed by atoms with Gasteiger partial charge in [0.25, 0.3) is 0 Å². The van der Waals surface area contributed by atoms with Gasteiger partial charge in [0, 0.05) is 23.7 Å². The molecule has 0 aliphatic carbocycles. The van der Waals surface area contributed by atoms with Crippen LogP contribution in [0.25, 0.3) is 0 Å². The smallest absolute Gasteiger partial charge is 0.224 e. The fraction of sp³-hybridized carbons (Fsp3) is 0.364. The first-order chi connectivity index (χ1) is 8.28. The first-order valence-electron chi connectivity index (χ1n) is 5.48. The van der Waals surface area contributed by atoms with Crippen LogP contribution >= 0.6 is 11.3 Å². The predicted octanol–water partition coefficient (Wildman–Crippen LogP) is 2.29. The predicted molar refractivity (Wildman–Crippen MR) is 70.4 cm³/mol. The molecule has 0 amide bonds. The third-order valence-corrected chi connectivity index (χ3v) is 2.76. The van der Waals surface area contributed by atoms with Crippen molar-refractivity contribution in [3.05, 3.63) is 28.3 Å². The molecule has 0 aliphatic rings. The molecule has 0 aromatic carbocycles. The number of nitrogens with zero attached hydrogens (tertiary/aromatic N) is 3. The molecule has 2 heterocycles. The van der Waals surface area contributed by atoms with E-state index in [-0.39, 0.29) is 0 Å². The largest absolute Gasteiger partial charge is 0.364 e. The summed E-state index contributed by atoms with van der Waals surface area (Å²) in [6, 6.07) is 1.92. The van der Waals surface area contributed by atoms with Gasteiger partial charge in [0.05, 0.1) is 17.7 Å². The minimum atomic E-state index is 0.660. The highest BCUT2D eigenvalue weighted by molar-refractivity contribution is 7.07. The Balaban J connectivity index is 2.04. The Bertz CT molecular complexity index is 469. The van der Waals surface area contributed by atoms with E-state index in [2.05, 4.69) is 25.6 Å². The molecule has 90 valence electrons. The molecule has 0 fully saturated rings. The van der Waals surface area contributed by atoms with E-state index in [1.165, 1.54) is 0 Å².